The number of halogens is 4. The van der Waals surface area contributed by atoms with Crippen LogP contribution >= 0.6 is 20.2 Å². The number of alkyl halides is 3. The van der Waals surface area contributed by atoms with Crippen molar-refractivity contribution in [2.24, 2.45) is 0 Å². The van der Waals surface area contributed by atoms with Gasteiger partial charge >= 0.3 is 162 Å². The van der Waals surface area contributed by atoms with Crippen LogP contribution in [0.25, 0.3) is 0 Å². The van der Waals surface area contributed by atoms with Gasteiger partial charge in [-0.25, -0.2) is 0 Å². The number of ether oxygens (including phenoxy) is 3. The minimum absolute atomic E-state index is 0.109. The Morgan fingerprint density at radius 2 is 1.41 bits per heavy atom. The summed E-state index contributed by atoms with van der Waals surface area (Å²) in [6.45, 7) is 0. The molecule has 2 aromatic carbocycles. The van der Waals surface area contributed by atoms with Crippen molar-refractivity contribution in [1.29, 1.82) is 0 Å². The third-order valence-electron chi connectivity index (χ3n) is 3.19. The summed E-state index contributed by atoms with van der Waals surface area (Å²) in [5.74, 6) is 0.547. The van der Waals surface area contributed by atoms with Crippen LogP contribution in [-0.2, 0) is 12.6 Å². The normalized spacial score (nSPS) is 12.4. The molecular weight excluding hydrogens is 504 g/mol. The molecule has 0 bridgehead atoms. The summed E-state index contributed by atoms with van der Waals surface area (Å²) in [4.78, 5) is 0. The van der Waals surface area contributed by atoms with Gasteiger partial charge < -0.3 is 0 Å². The average molecular weight is 520 g/mol. The van der Waals surface area contributed by atoms with Gasteiger partial charge in [0.25, 0.3) is 0 Å². The molecule has 150 valence electrons. The van der Waals surface area contributed by atoms with Gasteiger partial charge in [-0.2, -0.15) is 0 Å². The van der Waals surface area contributed by atoms with Gasteiger partial charge in [0.1, 0.15) is 0 Å². The van der Waals surface area contributed by atoms with Gasteiger partial charge in [0, 0.05) is 0 Å². The Hall–Kier alpha value is -1.73. The zero-order valence-electron chi connectivity index (χ0n) is 14.4. The number of hydrogen-bond donors (Lipinski definition) is 0. The molecule has 0 atom stereocenters. The molecule has 0 aliphatic rings. The van der Waals surface area contributed by atoms with Crippen molar-refractivity contribution in [3.05, 3.63) is 49.6 Å². The fourth-order valence-corrected chi connectivity index (χ4v) is 8.93. The van der Waals surface area contributed by atoms with Gasteiger partial charge in [0.15, 0.2) is 0 Å². The molecule has 6 nitrogen and oxygen atoms in total. The third-order valence-corrected chi connectivity index (χ3v) is 10.4. The van der Waals surface area contributed by atoms with E-state index in [1.807, 2.05) is 0 Å². The van der Waals surface area contributed by atoms with Crippen LogP contribution in [0.5, 0.6) is 17.2 Å². The van der Waals surface area contributed by atoms with E-state index in [1.54, 1.807) is 18.2 Å². The van der Waals surface area contributed by atoms with Crippen molar-refractivity contribution in [3.8, 4) is 17.2 Å². The van der Waals surface area contributed by atoms with Gasteiger partial charge in [0.2, 0.25) is 0 Å². The molecule has 0 fully saturated rings. The Morgan fingerprint density at radius 1 is 0.889 bits per heavy atom. The summed E-state index contributed by atoms with van der Waals surface area (Å²) in [5, 5.41) is 0. The van der Waals surface area contributed by atoms with E-state index in [4.69, 9.17) is 16.7 Å². The van der Waals surface area contributed by atoms with Crippen LogP contribution in [0.2, 0.25) is 0 Å². The quantitative estimate of drug-likeness (QED) is 0.406. The first-order valence-corrected chi connectivity index (χ1v) is 11.7. The zero-order valence-corrected chi connectivity index (χ0v) is 17.4. The van der Waals surface area contributed by atoms with Crippen LogP contribution in [0, 0.1) is 7.14 Å². The molecule has 0 aromatic heterocycles. The van der Waals surface area contributed by atoms with E-state index in [1.165, 1.54) is 45.6 Å². The monoisotopic (exact) mass is 520 g/mol. The first kappa shape index (κ1) is 21.6. The molecule has 0 N–H and O–H groups in total. The molecule has 0 radical (unpaired) electrons. The summed E-state index contributed by atoms with van der Waals surface area (Å²) < 4.78 is 83.1. The Balaban J connectivity index is 2.72. The molecule has 0 saturated carbocycles. The van der Waals surface area contributed by atoms with Crippen LogP contribution < -0.4 is 14.2 Å². The van der Waals surface area contributed by atoms with Crippen molar-refractivity contribution in [2.75, 3.05) is 21.3 Å². The van der Waals surface area contributed by atoms with Gasteiger partial charge in [-0.05, 0) is 0 Å². The van der Waals surface area contributed by atoms with E-state index >= 15 is 0 Å². The summed E-state index contributed by atoms with van der Waals surface area (Å²) in [7, 11) is -1.83. The standard InChI is InChI=1S/C16H16F3IO6S/c1-23-12-9-13(24-2)15(14(10-12)25-3)20(11-7-5-4-6-8-11)26-27(21,22)16(17,18)19/h4-10H,1-3H3. The third kappa shape index (κ3) is 4.76. The molecule has 0 aliphatic heterocycles. The fourth-order valence-electron chi connectivity index (χ4n) is 1.96. The van der Waals surface area contributed by atoms with Crippen LogP contribution in [0.1, 0.15) is 0 Å². The molecule has 2 rings (SSSR count). The molecule has 11 heteroatoms. The zero-order chi connectivity index (χ0) is 20.2. The fraction of sp³-hybridized carbons (Fsp3) is 0.250. The summed E-state index contributed by atoms with van der Waals surface area (Å²) >= 11 is -3.66. The average Bonchev–Trinajstić information content (AvgIpc) is 2.64. The van der Waals surface area contributed by atoms with Gasteiger partial charge in [-0.15, -0.1) is 0 Å². The van der Waals surface area contributed by atoms with Crippen molar-refractivity contribution in [2.45, 2.75) is 5.51 Å². The number of benzene rings is 2. The number of rotatable bonds is 7. The van der Waals surface area contributed by atoms with E-state index < -0.39 is 35.9 Å². The SMILES string of the molecule is COc1cc(OC)c(I(OS(=O)(=O)C(F)(F)F)c2ccccc2)c(OC)c1. The Bertz CT molecular complexity index is 862. The Morgan fingerprint density at radius 3 is 1.81 bits per heavy atom. The van der Waals surface area contributed by atoms with E-state index in [2.05, 4.69) is 0 Å². The molecule has 0 spiro atoms. The predicted octanol–water partition coefficient (Wildman–Crippen LogP) is 4.04. The minimum atomic E-state index is -5.83. The molecule has 0 amide bonds. The molecule has 0 aliphatic carbocycles. The number of hydrogen-bond acceptors (Lipinski definition) is 6. The first-order valence-electron chi connectivity index (χ1n) is 7.21. The maximum atomic E-state index is 12.9. The van der Waals surface area contributed by atoms with Crippen LogP contribution in [0.15, 0.2) is 42.5 Å². The van der Waals surface area contributed by atoms with Crippen LogP contribution in [0.3, 0.4) is 0 Å². The van der Waals surface area contributed by atoms with Crippen molar-refractivity contribution < 1.29 is 38.3 Å². The predicted molar refractivity (Wildman–Crippen MR) is 100 cm³/mol. The Kier molecular flexibility index (Phi) is 6.81. The van der Waals surface area contributed by atoms with Crippen molar-refractivity contribution in [3.63, 3.8) is 0 Å². The van der Waals surface area contributed by atoms with Crippen molar-refractivity contribution in [1.82, 2.24) is 0 Å². The van der Waals surface area contributed by atoms with Gasteiger partial charge in [-0.3, -0.25) is 0 Å². The van der Waals surface area contributed by atoms with Crippen molar-refractivity contribution >= 4 is 30.4 Å². The van der Waals surface area contributed by atoms with Crippen LogP contribution in [0.4, 0.5) is 13.2 Å². The second-order valence-electron chi connectivity index (χ2n) is 4.85. The summed E-state index contributed by atoms with van der Waals surface area (Å²) in [5.41, 5.74) is -5.55. The second-order valence-corrected chi connectivity index (χ2v) is 11.2. The second kappa shape index (κ2) is 8.52. The molecule has 0 saturated heterocycles. The maximum absolute atomic E-state index is 12.9. The first-order chi connectivity index (χ1) is 12.6. The van der Waals surface area contributed by atoms with E-state index in [0.29, 0.717) is 9.32 Å². The summed E-state index contributed by atoms with van der Waals surface area (Å²) in [6.07, 6.45) is 0. The molecule has 2 aromatic rings. The van der Waals surface area contributed by atoms with E-state index in [0.717, 1.165) is 0 Å². The topological polar surface area (TPSA) is 71.1 Å². The molecule has 0 unspecified atom stereocenters. The van der Waals surface area contributed by atoms with Crippen LogP contribution in [-0.4, -0.2) is 35.3 Å². The van der Waals surface area contributed by atoms with Gasteiger partial charge in [-0.1, -0.05) is 0 Å². The van der Waals surface area contributed by atoms with Gasteiger partial charge in [0.05, 0.1) is 0 Å². The molecule has 0 heterocycles. The summed E-state index contributed by atoms with van der Waals surface area (Å²) in [6, 6.07) is 10.7. The molecular formula is C16H16F3IO6S. The Labute approximate surface area is 162 Å². The van der Waals surface area contributed by atoms with E-state index in [-0.39, 0.29) is 15.1 Å². The molecule has 27 heavy (non-hydrogen) atoms. The number of methoxy groups -OCH3 is 3. The van der Waals surface area contributed by atoms with E-state index in [9.17, 15) is 21.6 Å².